The maximum absolute atomic E-state index is 13.0. The molecular formula is C25H30N2O4. The first-order valence-corrected chi connectivity index (χ1v) is 11.0. The molecule has 4 rings (SSSR count). The number of benzene rings is 2. The Balaban J connectivity index is 1.59. The summed E-state index contributed by atoms with van der Waals surface area (Å²) in [4.78, 5) is 29.2. The van der Waals surface area contributed by atoms with Crippen LogP contribution in [0.1, 0.15) is 36.6 Å². The molecule has 0 radical (unpaired) electrons. The fourth-order valence-electron chi connectivity index (χ4n) is 4.30. The van der Waals surface area contributed by atoms with E-state index in [9.17, 15) is 9.59 Å². The molecule has 6 heteroatoms. The number of ether oxygens (including phenoxy) is 2. The van der Waals surface area contributed by atoms with Gasteiger partial charge in [-0.2, -0.15) is 0 Å². The van der Waals surface area contributed by atoms with Crippen molar-refractivity contribution < 1.29 is 19.1 Å². The lowest BCUT2D eigenvalue weighted by Gasteiger charge is -2.39. The fraction of sp³-hybridized carbons (Fsp3) is 0.440. The molecule has 0 bridgehead atoms. The zero-order valence-corrected chi connectivity index (χ0v) is 18.3. The molecule has 0 spiro atoms. The number of carbonyl (C=O) groups excluding carboxylic acids is 2. The maximum atomic E-state index is 13.0. The normalized spacial score (nSPS) is 18.6. The number of morpholine rings is 1. The van der Waals surface area contributed by atoms with Crippen molar-refractivity contribution in [1.82, 2.24) is 9.80 Å². The van der Waals surface area contributed by atoms with Crippen LogP contribution < -0.4 is 4.74 Å². The Morgan fingerprint density at radius 1 is 1.06 bits per heavy atom. The van der Waals surface area contributed by atoms with Gasteiger partial charge >= 0.3 is 0 Å². The number of rotatable bonds is 5. The number of fused-ring (bicyclic) bond motifs is 1. The number of amides is 2. The molecule has 0 saturated carbocycles. The maximum Gasteiger partial charge on any atom is 0.260 e. The number of carbonyl (C=O) groups is 2. The van der Waals surface area contributed by atoms with Gasteiger partial charge in [-0.1, -0.05) is 50.2 Å². The van der Waals surface area contributed by atoms with E-state index in [2.05, 4.69) is 18.2 Å². The van der Waals surface area contributed by atoms with Crippen LogP contribution in [-0.4, -0.2) is 61.1 Å². The van der Waals surface area contributed by atoms with E-state index in [4.69, 9.17) is 9.47 Å². The molecular weight excluding hydrogens is 392 g/mol. The molecule has 1 fully saturated rings. The Bertz CT molecular complexity index is 922. The summed E-state index contributed by atoms with van der Waals surface area (Å²) in [5.41, 5.74) is 3.37. The van der Waals surface area contributed by atoms with Crippen molar-refractivity contribution in [3.63, 3.8) is 0 Å². The van der Waals surface area contributed by atoms with Crippen LogP contribution in [0.25, 0.3) is 0 Å². The molecule has 0 aliphatic carbocycles. The Morgan fingerprint density at radius 2 is 1.81 bits per heavy atom. The minimum atomic E-state index is -0.154. The Morgan fingerprint density at radius 3 is 2.52 bits per heavy atom. The van der Waals surface area contributed by atoms with E-state index in [1.165, 1.54) is 5.56 Å². The first-order chi connectivity index (χ1) is 15.0. The number of nitrogens with zero attached hydrogens (tertiary/aromatic N) is 2. The van der Waals surface area contributed by atoms with Gasteiger partial charge in [-0.25, -0.2) is 0 Å². The molecule has 2 amide bonds. The Labute approximate surface area is 183 Å². The summed E-state index contributed by atoms with van der Waals surface area (Å²) in [6.45, 7) is 6.94. The SMILES string of the molecule is CC(C)C(=O)N1CCc2ccc(OCC(=O)N3CCOCC3)cc2C1c1ccccc1. The van der Waals surface area contributed by atoms with E-state index in [0.717, 1.165) is 17.5 Å². The van der Waals surface area contributed by atoms with Gasteiger partial charge in [-0.05, 0) is 35.2 Å². The van der Waals surface area contributed by atoms with Gasteiger partial charge in [-0.15, -0.1) is 0 Å². The van der Waals surface area contributed by atoms with Crippen molar-refractivity contribution in [1.29, 1.82) is 0 Å². The molecule has 164 valence electrons. The van der Waals surface area contributed by atoms with Crippen LogP contribution in [0.4, 0.5) is 0 Å². The van der Waals surface area contributed by atoms with Crippen LogP contribution in [0.3, 0.4) is 0 Å². The highest BCUT2D eigenvalue weighted by Crippen LogP contribution is 2.37. The van der Waals surface area contributed by atoms with Crippen LogP contribution in [0, 0.1) is 5.92 Å². The van der Waals surface area contributed by atoms with Crippen molar-refractivity contribution in [3.05, 3.63) is 65.2 Å². The second kappa shape index (κ2) is 9.52. The number of hydrogen-bond donors (Lipinski definition) is 0. The van der Waals surface area contributed by atoms with Crippen LogP contribution in [0.5, 0.6) is 5.75 Å². The van der Waals surface area contributed by atoms with Crippen molar-refractivity contribution in [2.24, 2.45) is 5.92 Å². The van der Waals surface area contributed by atoms with E-state index in [-0.39, 0.29) is 30.4 Å². The number of hydrogen-bond acceptors (Lipinski definition) is 4. The molecule has 2 aromatic carbocycles. The third-order valence-corrected chi connectivity index (χ3v) is 5.96. The lowest BCUT2D eigenvalue weighted by Crippen LogP contribution is -2.43. The molecule has 0 aromatic heterocycles. The molecule has 1 atom stereocenters. The molecule has 6 nitrogen and oxygen atoms in total. The van der Waals surface area contributed by atoms with Crippen molar-refractivity contribution in [3.8, 4) is 5.75 Å². The topological polar surface area (TPSA) is 59.1 Å². The Kier molecular flexibility index (Phi) is 6.56. The van der Waals surface area contributed by atoms with Crippen molar-refractivity contribution >= 4 is 11.8 Å². The quantitative estimate of drug-likeness (QED) is 0.743. The van der Waals surface area contributed by atoms with E-state index in [1.54, 1.807) is 4.90 Å². The van der Waals surface area contributed by atoms with Gasteiger partial charge in [0.05, 0.1) is 19.3 Å². The van der Waals surface area contributed by atoms with E-state index < -0.39 is 0 Å². The molecule has 0 N–H and O–H groups in total. The lowest BCUT2D eigenvalue weighted by atomic mass is 9.87. The van der Waals surface area contributed by atoms with Crippen LogP contribution in [-0.2, 0) is 20.7 Å². The van der Waals surface area contributed by atoms with Crippen molar-refractivity contribution in [2.75, 3.05) is 39.5 Å². The summed E-state index contributed by atoms with van der Waals surface area (Å²) in [7, 11) is 0. The summed E-state index contributed by atoms with van der Waals surface area (Å²) >= 11 is 0. The predicted molar refractivity (Wildman–Crippen MR) is 118 cm³/mol. The van der Waals surface area contributed by atoms with Gasteiger partial charge in [0.25, 0.3) is 5.91 Å². The summed E-state index contributed by atoms with van der Waals surface area (Å²) in [5.74, 6) is 0.698. The third kappa shape index (κ3) is 4.74. The van der Waals surface area contributed by atoms with Gasteiger partial charge in [0, 0.05) is 25.6 Å². The second-order valence-electron chi connectivity index (χ2n) is 8.39. The lowest BCUT2D eigenvalue weighted by molar-refractivity contribution is -0.137. The largest absolute Gasteiger partial charge is 0.484 e. The van der Waals surface area contributed by atoms with E-state index in [0.29, 0.717) is 38.6 Å². The summed E-state index contributed by atoms with van der Waals surface area (Å²) in [6.07, 6.45) is 0.810. The Hall–Kier alpha value is -2.86. The molecule has 31 heavy (non-hydrogen) atoms. The summed E-state index contributed by atoms with van der Waals surface area (Å²) < 4.78 is 11.2. The van der Waals surface area contributed by atoms with Gasteiger partial charge in [0.15, 0.2) is 6.61 Å². The van der Waals surface area contributed by atoms with Gasteiger partial charge in [0.2, 0.25) is 5.91 Å². The summed E-state index contributed by atoms with van der Waals surface area (Å²) in [5, 5.41) is 0. The molecule has 2 aromatic rings. The zero-order valence-electron chi connectivity index (χ0n) is 18.3. The molecule has 2 aliphatic rings. The smallest absolute Gasteiger partial charge is 0.260 e. The predicted octanol–water partition coefficient (Wildman–Crippen LogP) is 3.05. The van der Waals surface area contributed by atoms with E-state index in [1.807, 2.05) is 49.1 Å². The first-order valence-electron chi connectivity index (χ1n) is 11.0. The molecule has 2 heterocycles. The van der Waals surface area contributed by atoms with Gasteiger partial charge < -0.3 is 19.3 Å². The minimum absolute atomic E-state index is 0.00340. The highest BCUT2D eigenvalue weighted by atomic mass is 16.5. The fourth-order valence-corrected chi connectivity index (χ4v) is 4.30. The standard InChI is InChI=1S/C25H30N2O4/c1-18(2)25(29)27-11-10-19-8-9-21(31-17-23(28)26-12-14-30-15-13-26)16-22(19)24(27)20-6-4-3-5-7-20/h3-9,16,18,24H,10-15,17H2,1-2H3. The van der Waals surface area contributed by atoms with Gasteiger partial charge in [-0.3, -0.25) is 9.59 Å². The molecule has 2 aliphatic heterocycles. The van der Waals surface area contributed by atoms with Gasteiger partial charge in [0.1, 0.15) is 5.75 Å². The minimum Gasteiger partial charge on any atom is -0.484 e. The second-order valence-corrected chi connectivity index (χ2v) is 8.39. The first kappa shape index (κ1) is 21.4. The zero-order chi connectivity index (χ0) is 21.8. The highest BCUT2D eigenvalue weighted by molar-refractivity contribution is 5.80. The molecule has 1 saturated heterocycles. The summed E-state index contributed by atoms with van der Waals surface area (Å²) in [6, 6.07) is 16.0. The monoisotopic (exact) mass is 422 g/mol. The highest BCUT2D eigenvalue weighted by Gasteiger charge is 2.33. The third-order valence-electron chi connectivity index (χ3n) is 5.96. The average molecular weight is 423 g/mol. The van der Waals surface area contributed by atoms with Crippen molar-refractivity contribution in [2.45, 2.75) is 26.3 Å². The average Bonchev–Trinajstić information content (AvgIpc) is 2.82. The van der Waals surface area contributed by atoms with Crippen LogP contribution in [0.2, 0.25) is 0 Å². The van der Waals surface area contributed by atoms with E-state index >= 15 is 0 Å². The van der Waals surface area contributed by atoms with Crippen LogP contribution in [0.15, 0.2) is 48.5 Å². The molecule has 1 unspecified atom stereocenters. The van der Waals surface area contributed by atoms with Crippen LogP contribution >= 0.6 is 0 Å².